The molecule has 2 aromatic rings. The second-order valence-electron chi connectivity index (χ2n) is 4.97. The number of alkyl halides is 3. The van der Waals surface area contributed by atoms with Gasteiger partial charge in [0.1, 0.15) is 11.3 Å². The van der Waals surface area contributed by atoms with Crippen molar-refractivity contribution in [2.45, 2.75) is 19.1 Å². The molecule has 7 heteroatoms. The van der Waals surface area contributed by atoms with E-state index in [9.17, 15) is 23.1 Å². The molecule has 124 valence electrons. The first kappa shape index (κ1) is 17.1. The normalized spacial score (nSPS) is 11.7. The number of esters is 1. The number of nitrogens with one attached hydrogen (secondary N) is 1. The van der Waals surface area contributed by atoms with Gasteiger partial charge in [-0.25, -0.2) is 0 Å². The maximum Gasteiger partial charge on any atom is 0.420 e. The Labute approximate surface area is 130 Å². The number of halogens is 3. The summed E-state index contributed by atoms with van der Waals surface area (Å²) in [5.41, 5.74) is -0.385. The van der Waals surface area contributed by atoms with Crippen LogP contribution in [0.1, 0.15) is 17.5 Å². The molecule has 0 amide bonds. The van der Waals surface area contributed by atoms with Gasteiger partial charge < -0.3 is 15.2 Å². The van der Waals surface area contributed by atoms with E-state index in [-0.39, 0.29) is 17.8 Å². The number of carbonyl (C=O) groups excluding carboxylic acids is 1. The minimum absolute atomic E-state index is 0.0511. The predicted octanol–water partition coefficient (Wildman–Crippen LogP) is 3.22. The van der Waals surface area contributed by atoms with Crippen molar-refractivity contribution in [3.63, 3.8) is 0 Å². The van der Waals surface area contributed by atoms with Gasteiger partial charge in [-0.05, 0) is 22.4 Å². The number of fused-ring (bicyclic) bond motifs is 1. The van der Waals surface area contributed by atoms with Crippen molar-refractivity contribution >= 4 is 16.7 Å². The molecular formula is C16H16F3NO3. The predicted molar refractivity (Wildman–Crippen MR) is 79.0 cm³/mol. The summed E-state index contributed by atoms with van der Waals surface area (Å²) in [6, 6.07) is 7.04. The van der Waals surface area contributed by atoms with Gasteiger partial charge in [0.25, 0.3) is 0 Å². The summed E-state index contributed by atoms with van der Waals surface area (Å²) in [5, 5.41) is 12.9. The summed E-state index contributed by atoms with van der Waals surface area (Å²) in [7, 11) is 1.29. The molecule has 0 aliphatic heterocycles. The maximum atomic E-state index is 13.1. The summed E-state index contributed by atoms with van der Waals surface area (Å²) < 4.78 is 43.9. The Morgan fingerprint density at radius 3 is 2.61 bits per heavy atom. The third kappa shape index (κ3) is 3.92. The number of benzene rings is 2. The smallest absolute Gasteiger partial charge is 0.420 e. The van der Waals surface area contributed by atoms with Crippen LogP contribution in [-0.4, -0.2) is 24.7 Å². The number of phenolic OH excluding ortho intramolecular Hbond substituents is 1. The molecule has 0 radical (unpaired) electrons. The summed E-state index contributed by atoms with van der Waals surface area (Å²) in [6.45, 7) is 0.656. The van der Waals surface area contributed by atoms with E-state index in [1.165, 1.54) is 25.3 Å². The van der Waals surface area contributed by atoms with Gasteiger partial charge in [0.15, 0.2) is 0 Å². The maximum absolute atomic E-state index is 13.1. The molecule has 2 N–H and O–H groups in total. The Morgan fingerprint density at radius 2 is 1.96 bits per heavy atom. The number of ether oxygens (including phenoxy) is 1. The Bertz CT molecular complexity index is 714. The zero-order valence-corrected chi connectivity index (χ0v) is 12.4. The average Bonchev–Trinajstić information content (AvgIpc) is 2.49. The van der Waals surface area contributed by atoms with E-state index in [2.05, 4.69) is 10.1 Å². The zero-order chi connectivity index (χ0) is 17.0. The van der Waals surface area contributed by atoms with Crippen LogP contribution in [0.2, 0.25) is 0 Å². The van der Waals surface area contributed by atoms with Crippen LogP contribution >= 0.6 is 0 Å². The van der Waals surface area contributed by atoms with Crippen LogP contribution in [0, 0.1) is 0 Å². The van der Waals surface area contributed by atoms with Gasteiger partial charge in [-0.15, -0.1) is 0 Å². The molecule has 0 unspecified atom stereocenters. The van der Waals surface area contributed by atoms with Crippen molar-refractivity contribution in [1.29, 1.82) is 0 Å². The van der Waals surface area contributed by atoms with E-state index < -0.39 is 17.5 Å². The Balaban J connectivity index is 2.27. The summed E-state index contributed by atoms with van der Waals surface area (Å²) in [5.74, 6) is -1.15. The van der Waals surface area contributed by atoms with Crippen molar-refractivity contribution in [2.75, 3.05) is 13.7 Å². The van der Waals surface area contributed by atoms with E-state index in [0.717, 1.165) is 6.07 Å². The van der Waals surface area contributed by atoms with Crippen LogP contribution in [0.25, 0.3) is 10.8 Å². The molecule has 2 aromatic carbocycles. The highest BCUT2D eigenvalue weighted by Crippen LogP contribution is 2.41. The lowest BCUT2D eigenvalue weighted by atomic mass is 9.99. The van der Waals surface area contributed by atoms with Crippen molar-refractivity contribution in [3.05, 3.63) is 41.5 Å². The molecule has 2 rings (SSSR count). The monoisotopic (exact) mass is 327 g/mol. The Kier molecular flexibility index (Phi) is 5.10. The minimum atomic E-state index is -4.64. The van der Waals surface area contributed by atoms with E-state index in [0.29, 0.717) is 24.0 Å². The summed E-state index contributed by atoms with van der Waals surface area (Å²) >= 11 is 0. The third-order valence-corrected chi connectivity index (χ3v) is 3.46. The molecule has 0 atom stereocenters. The molecule has 0 aliphatic carbocycles. The Hall–Kier alpha value is -2.28. The number of carbonyl (C=O) groups is 1. The highest BCUT2D eigenvalue weighted by atomic mass is 19.4. The molecule has 23 heavy (non-hydrogen) atoms. The van der Waals surface area contributed by atoms with Gasteiger partial charge in [-0.3, -0.25) is 4.79 Å². The fourth-order valence-corrected chi connectivity index (χ4v) is 2.38. The summed E-state index contributed by atoms with van der Waals surface area (Å²) in [6.07, 6.45) is -4.46. The minimum Gasteiger partial charge on any atom is -0.507 e. The van der Waals surface area contributed by atoms with Crippen molar-refractivity contribution in [2.24, 2.45) is 0 Å². The molecule has 0 saturated heterocycles. The first-order valence-corrected chi connectivity index (χ1v) is 6.93. The molecule has 0 spiro atoms. The number of phenols is 1. The topological polar surface area (TPSA) is 58.6 Å². The van der Waals surface area contributed by atoms with Gasteiger partial charge in [0.2, 0.25) is 0 Å². The second-order valence-corrected chi connectivity index (χ2v) is 4.97. The summed E-state index contributed by atoms with van der Waals surface area (Å²) in [4.78, 5) is 11.0. The van der Waals surface area contributed by atoms with Gasteiger partial charge in [-0.2, -0.15) is 13.2 Å². The highest BCUT2D eigenvalue weighted by Gasteiger charge is 2.36. The van der Waals surface area contributed by atoms with E-state index in [1.54, 1.807) is 6.07 Å². The van der Waals surface area contributed by atoms with E-state index >= 15 is 0 Å². The largest absolute Gasteiger partial charge is 0.507 e. The van der Waals surface area contributed by atoms with Gasteiger partial charge in [0, 0.05) is 13.1 Å². The molecule has 0 heterocycles. The molecule has 0 aliphatic rings. The lowest BCUT2D eigenvalue weighted by Crippen LogP contribution is -2.18. The van der Waals surface area contributed by atoms with Gasteiger partial charge in [0.05, 0.1) is 13.5 Å². The van der Waals surface area contributed by atoms with Crippen LogP contribution in [0.5, 0.6) is 5.75 Å². The van der Waals surface area contributed by atoms with Crippen molar-refractivity contribution in [1.82, 2.24) is 5.32 Å². The molecule has 0 fully saturated rings. The van der Waals surface area contributed by atoms with Crippen LogP contribution in [0.3, 0.4) is 0 Å². The van der Waals surface area contributed by atoms with Gasteiger partial charge in [-0.1, -0.05) is 24.3 Å². The lowest BCUT2D eigenvalue weighted by molar-refractivity contribution is -0.140. The number of aromatic hydroxyl groups is 1. The van der Waals surface area contributed by atoms with Crippen LogP contribution in [-0.2, 0) is 22.3 Å². The standard InChI is InChI=1S/C16H16F3NO3/c1-23-14(22)7-8-20-9-10-3-2-4-12-11(10)5-6-13(21)15(12)16(17,18)19/h2-6,20-21H,7-9H2,1H3. The van der Waals surface area contributed by atoms with Crippen molar-refractivity contribution in [3.8, 4) is 5.75 Å². The lowest BCUT2D eigenvalue weighted by Gasteiger charge is -2.14. The van der Waals surface area contributed by atoms with E-state index in [4.69, 9.17) is 0 Å². The molecule has 0 bridgehead atoms. The molecule has 0 aromatic heterocycles. The molecule has 0 saturated carbocycles. The number of methoxy groups -OCH3 is 1. The number of rotatable bonds is 5. The zero-order valence-electron chi connectivity index (χ0n) is 12.4. The van der Waals surface area contributed by atoms with E-state index in [1.807, 2.05) is 0 Å². The van der Waals surface area contributed by atoms with Crippen LogP contribution < -0.4 is 5.32 Å². The van der Waals surface area contributed by atoms with Crippen molar-refractivity contribution < 1.29 is 27.8 Å². The van der Waals surface area contributed by atoms with Gasteiger partial charge >= 0.3 is 12.1 Å². The number of hydrogen-bond donors (Lipinski definition) is 2. The first-order valence-electron chi connectivity index (χ1n) is 6.93. The van der Waals surface area contributed by atoms with Crippen LogP contribution in [0.4, 0.5) is 13.2 Å². The SMILES string of the molecule is COC(=O)CCNCc1cccc2c(C(F)(F)F)c(O)ccc12. The molecule has 4 nitrogen and oxygen atoms in total. The quantitative estimate of drug-likeness (QED) is 0.654. The van der Waals surface area contributed by atoms with Crippen LogP contribution in [0.15, 0.2) is 30.3 Å². The fourth-order valence-electron chi connectivity index (χ4n) is 2.38. The average molecular weight is 327 g/mol. The highest BCUT2D eigenvalue weighted by molar-refractivity contribution is 5.90. The second kappa shape index (κ2) is 6.87. The third-order valence-electron chi connectivity index (χ3n) is 3.46. The first-order chi connectivity index (χ1) is 10.8. The number of hydrogen-bond acceptors (Lipinski definition) is 4. The fraction of sp³-hybridized carbons (Fsp3) is 0.312. The molecular weight excluding hydrogens is 311 g/mol. The Morgan fingerprint density at radius 1 is 1.22 bits per heavy atom.